The molecule has 1 N–H and O–H groups in total. The van der Waals surface area contributed by atoms with Crippen LogP contribution >= 0.6 is 11.8 Å². The van der Waals surface area contributed by atoms with Gasteiger partial charge >= 0.3 is 0 Å². The van der Waals surface area contributed by atoms with E-state index in [1.807, 2.05) is 36.5 Å². The van der Waals surface area contributed by atoms with Crippen molar-refractivity contribution >= 4 is 23.4 Å². The lowest BCUT2D eigenvalue weighted by molar-refractivity contribution is -0.122. The molecule has 3 rings (SSSR count). The molecular formula is C22H22N2O3S. The molecule has 1 aromatic heterocycles. The molecule has 0 aliphatic carbocycles. The van der Waals surface area contributed by atoms with E-state index in [2.05, 4.69) is 16.4 Å². The zero-order chi connectivity index (χ0) is 19.8. The van der Waals surface area contributed by atoms with E-state index in [9.17, 15) is 4.79 Å². The molecule has 0 radical (unpaired) electrons. The van der Waals surface area contributed by atoms with Gasteiger partial charge in [0.05, 0.1) is 7.11 Å². The molecule has 1 heterocycles. The molecule has 2 aromatic carbocycles. The molecule has 0 aliphatic heterocycles. The van der Waals surface area contributed by atoms with Crippen LogP contribution < -0.4 is 14.8 Å². The van der Waals surface area contributed by atoms with Crippen LogP contribution in [0, 0.1) is 0 Å². The van der Waals surface area contributed by atoms with E-state index < -0.39 is 6.10 Å². The number of hydrogen-bond acceptors (Lipinski definition) is 5. The number of carbonyl (C=O) groups is 1. The summed E-state index contributed by atoms with van der Waals surface area (Å²) in [4.78, 5) is 17.6. The number of ether oxygens (including phenoxy) is 2. The minimum Gasteiger partial charge on any atom is -0.497 e. The first-order chi connectivity index (χ1) is 13.6. The number of hydrogen-bond donors (Lipinski definition) is 1. The lowest BCUT2D eigenvalue weighted by Crippen LogP contribution is -2.30. The molecule has 0 spiro atoms. The quantitative estimate of drug-likeness (QED) is 0.557. The first-order valence-corrected chi connectivity index (χ1v) is 9.86. The van der Waals surface area contributed by atoms with Gasteiger partial charge in [-0.2, -0.15) is 0 Å². The Morgan fingerprint density at radius 1 is 1.07 bits per heavy atom. The number of nitrogens with zero attached hydrogens (tertiary/aromatic N) is 1. The Hall–Kier alpha value is -2.99. The molecule has 144 valence electrons. The summed E-state index contributed by atoms with van der Waals surface area (Å²) < 4.78 is 10.8. The highest BCUT2D eigenvalue weighted by molar-refractivity contribution is 7.98. The number of anilines is 1. The van der Waals surface area contributed by atoms with Crippen molar-refractivity contribution in [2.45, 2.75) is 23.7 Å². The van der Waals surface area contributed by atoms with Crippen molar-refractivity contribution in [1.82, 2.24) is 4.98 Å². The number of nitrogens with one attached hydrogen (secondary N) is 1. The summed E-state index contributed by atoms with van der Waals surface area (Å²) in [5.74, 6) is 2.01. The molecule has 1 unspecified atom stereocenters. The van der Waals surface area contributed by atoms with Gasteiger partial charge in [-0.1, -0.05) is 6.07 Å². The third-order valence-corrected chi connectivity index (χ3v) is 5.07. The number of aromatic nitrogens is 1. The van der Waals surface area contributed by atoms with E-state index in [1.54, 1.807) is 56.3 Å². The lowest BCUT2D eigenvalue weighted by Gasteiger charge is -2.15. The van der Waals surface area contributed by atoms with Crippen LogP contribution in [0.1, 0.15) is 12.5 Å². The molecule has 0 fully saturated rings. The summed E-state index contributed by atoms with van der Waals surface area (Å²) in [6, 6.07) is 18.9. The van der Waals surface area contributed by atoms with Crippen LogP contribution in [0.25, 0.3) is 0 Å². The van der Waals surface area contributed by atoms with Crippen LogP contribution in [0.3, 0.4) is 0 Å². The normalized spacial score (nSPS) is 11.5. The fourth-order valence-electron chi connectivity index (χ4n) is 2.44. The second kappa shape index (κ2) is 9.80. The Morgan fingerprint density at radius 3 is 2.43 bits per heavy atom. The molecule has 0 saturated heterocycles. The summed E-state index contributed by atoms with van der Waals surface area (Å²) in [6.45, 7) is 1.72. The topological polar surface area (TPSA) is 60.5 Å². The smallest absolute Gasteiger partial charge is 0.265 e. The van der Waals surface area contributed by atoms with E-state index in [-0.39, 0.29) is 5.91 Å². The van der Waals surface area contributed by atoms with Crippen molar-refractivity contribution in [3.63, 3.8) is 0 Å². The number of carbonyl (C=O) groups excluding carboxylic acids is 1. The van der Waals surface area contributed by atoms with E-state index in [0.29, 0.717) is 5.75 Å². The van der Waals surface area contributed by atoms with Gasteiger partial charge in [0.15, 0.2) is 6.10 Å². The predicted octanol–water partition coefficient (Wildman–Crippen LogP) is 4.79. The molecule has 1 atom stereocenters. The number of rotatable bonds is 8. The van der Waals surface area contributed by atoms with Crippen LogP contribution in [0.2, 0.25) is 0 Å². The van der Waals surface area contributed by atoms with Gasteiger partial charge in [-0.25, -0.2) is 0 Å². The molecule has 0 aliphatic rings. The Bertz CT molecular complexity index is 884. The number of amides is 1. The average molecular weight is 394 g/mol. The third kappa shape index (κ3) is 5.76. The van der Waals surface area contributed by atoms with Crippen LogP contribution in [0.15, 0.2) is 78.0 Å². The monoisotopic (exact) mass is 394 g/mol. The van der Waals surface area contributed by atoms with Crippen molar-refractivity contribution in [2.24, 2.45) is 0 Å². The summed E-state index contributed by atoms with van der Waals surface area (Å²) >= 11 is 1.72. The van der Waals surface area contributed by atoms with Crippen LogP contribution in [0.4, 0.5) is 5.69 Å². The van der Waals surface area contributed by atoms with Crippen molar-refractivity contribution in [3.8, 4) is 11.5 Å². The van der Waals surface area contributed by atoms with Crippen LogP contribution in [-0.4, -0.2) is 24.1 Å². The highest BCUT2D eigenvalue weighted by Gasteiger charge is 2.15. The molecular weight excluding hydrogens is 372 g/mol. The van der Waals surface area contributed by atoms with Gasteiger partial charge in [0.2, 0.25) is 0 Å². The summed E-state index contributed by atoms with van der Waals surface area (Å²) in [7, 11) is 1.61. The minimum atomic E-state index is -0.618. The Kier molecular flexibility index (Phi) is 6.92. The van der Waals surface area contributed by atoms with Crippen molar-refractivity contribution in [1.29, 1.82) is 0 Å². The Balaban J connectivity index is 1.50. The summed E-state index contributed by atoms with van der Waals surface area (Å²) in [6.07, 6.45) is 3.02. The van der Waals surface area contributed by atoms with Crippen LogP contribution in [0.5, 0.6) is 11.5 Å². The molecule has 5 nitrogen and oxygen atoms in total. The van der Waals surface area contributed by atoms with Crippen molar-refractivity contribution < 1.29 is 14.3 Å². The third-order valence-electron chi connectivity index (χ3n) is 3.99. The van der Waals surface area contributed by atoms with Crippen LogP contribution in [-0.2, 0) is 10.5 Å². The lowest BCUT2D eigenvalue weighted by atomic mass is 10.3. The van der Waals surface area contributed by atoms with Gasteiger partial charge in [-0.3, -0.25) is 9.78 Å². The van der Waals surface area contributed by atoms with Gasteiger partial charge in [0, 0.05) is 28.7 Å². The maximum absolute atomic E-state index is 12.4. The van der Waals surface area contributed by atoms with Gasteiger partial charge in [0.1, 0.15) is 11.5 Å². The fraction of sp³-hybridized carbons (Fsp3) is 0.182. The SMILES string of the molecule is COc1ccc(OC(C)C(=O)Nc2ccc(SCc3cccnc3)cc2)cc1. The van der Waals surface area contributed by atoms with Crippen molar-refractivity contribution in [2.75, 3.05) is 12.4 Å². The first-order valence-electron chi connectivity index (χ1n) is 8.87. The van der Waals surface area contributed by atoms with Gasteiger partial charge in [-0.05, 0) is 67.1 Å². The zero-order valence-electron chi connectivity index (χ0n) is 15.8. The Morgan fingerprint density at radius 2 is 1.79 bits per heavy atom. The minimum absolute atomic E-state index is 0.202. The van der Waals surface area contributed by atoms with E-state index in [1.165, 1.54) is 5.56 Å². The fourth-order valence-corrected chi connectivity index (χ4v) is 3.27. The molecule has 1 amide bonds. The van der Waals surface area contributed by atoms with Gasteiger partial charge < -0.3 is 14.8 Å². The maximum Gasteiger partial charge on any atom is 0.265 e. The largest absolute Gasteiger partial charge is 0.497 e. The number of thioether (sulfide) groups is 1. The predicted molar refractivity (Wildman–Crippen MR) is 112 cm³/mol. The molecule has 28 heavy (non-hydrogen) atoms. The first kappa shape index (κ1) is 19.8. The highest BCUT2D eigenvalue weighted by Crippen LogP contribution is 2.24. The van der Waals surface area contributed by atoms with Crippen molar-refractivity contribution in [3.05, 3.63) is 78.6 Å². The van der Waals surface area contributed by atoms with E-state index in [0.717, 1.165) is 22.1 Å². The van der Waals surface area contributed by atoms with Gasteiger partial charge in [0.25, 0.3) is 5.91 Å². The molecule has 0 bridgehead atoms. The maximum atomic E-state index is 12.4. The Labute approximate surface area is 169 Å². The average Bonchev–Trinajstić information content (AvgIpc) is 2.74. The summed E-state index contributed by atoms with van der Waals surface area (Å²) in [5, 5.41) is 2.88. The number of pyridine rings is 1. The van der Waals surface area contributed by atoms with E-state index in [4.69, 9.17) is 9.47 Å². The summed E-state index contributed by atoms with van der Waals surface area (Å²) in [5.41, 5.74) is 1.91. The second-order valence-corrected chi connectivity index (χ2v) is 7.15. The molecule has 0 saturated carbocycles. The highest BCUT2D eigenvalue weighted by atomic mass is 32.2. The van der Waals surface area contributed by atoms with Gasteiger partial charge in [-0.15, -0.1) is 11.8 Å². The standard InChI is InChI=1S/C22H22N2O3S/c1-16(27-20-9-7-19(26-2)8-10-20)22(25)24-18-5-11-21(12-6-18)28-15-17-4-3-13-23-14-17/h3-14,16H,15H2,1-2H3,(H,24,25). The molecule has 3 aromatic rings. The number of methoxy groups -OCH3 is 1. The van der Waals surface area contributed by atoms with E-state index >= 15 is 0 Å². The second-order valence-electron chi connectivity index (χ2n) is 6.10. The molecule has 6 heteroatoms. The number of benzene rings is 2. The zero-order valence-corrected chi connectivity index (χ0v) is 16.6.